The first-order valence-electron chi connectivity index (χ1n) is 8.68. The van der Waals surface area contributed by atoms with Crippen LogP contribution in [0.3, 0.4) is 0 Å². The molecule has 1 heterocycles. The molecule has 1 aliphatic carbocycles. The summed E-state index contributed by atoms with van der Waals surface area (Å²) in [4.78, 5) is 25.9. The highest BCUT2D eigenvalue weighted by atomic mass is 32.1. The van der Waals surface area contributed by atoms with Gasteiger partial charge in [0.1, 0.15) is 0 Å². The smallest absolute Gasteiger partial charge is 0.339 e. The van der Waals surface area contributed by atoms with Gasteiger partial charge in [-0.3, -0.25) is 4.79 Å². The fourth-order valence-corrected chi connectivity index (χ4v) is 4.08. The third kappa shape index (κ3) is 3.10. The summed E-state index contributed by atoms with van der Waals surface area (Å²) in [5.74, 6) is -0.753. The van der Waals surface area contributed by atoms with Crippen LogP contribution in [0.25, 0.3) is 10.8 Å². The van der Waals surface area contributed by atoms with E-state index >= 15 is 0 Å². The Balaban J connectivity index is 1.48. The minimum atomic E-state index is -0.842. The van der Waals surface area contributed by atoms with Gasteiger partial charge in [0.25, 0.3) is 5.91 Å². The van der Waals surface area contributed by atoms with Crippen molar-refractivity contribution in [3.8, 4) is 0 Å². The van der Waals surface area contributed by atoms with E-state index in [9.17, 15) is 9.59 Å². The van der Waals surface area contributed by atoms with Crippen molar-refractivity contribution in [2.45, 2.75) is 32.4 Å². The standard InChI is InChI=1S/C21H19NO3S/c1-13(20(23)22-12-16-5-3-11-26-16)25-21(24)18-10-9-15-8-7-14-4-2-6-17(18)19(14)15/h2-6,9-11,13H,7-8,12H2,1H3,(H,22,23). The zero-order valence-corrected chi connectivity index (χ0v) is 15.3. The fraction of sp³-hybridized carbons (Fsp3) is 0.238. The van der Waals surface area contributed by atoms with E-state index in [2.05, 4.69) is 11.4 Å². The van der Waals surface area contributed by atoms with Crippen molar-refractivity contribution < 1.29 is 14.3 Å². The zero-order chi connectivity index (χ0) is 18.1. The molecule has 4 rings (SSSR count). The molecule has 0 saturated heterocycles. The average Bonchev–Trinajstić information content (AvgIpc) is 3.31. The summed E-state index contributed by atoms with van der Waals surface area (Å²) in [5.41, 5.74) is 3.06. The van der Waals surface area contributed by atoms with Gasteiger partial charge >= 0.3 is 5.97 Å². The lowest BCUT2D eigenvalue weighted by Crippen LogP contribution is -2.35. The van der Waals surface area contributed by atoms with Crippen LogP contribution in [-0.2, 0) is 28.9 Å². The van der Waals surface area contributed by atoms with Crippen LogP contribution >= 0.6 is 11.3 Å². The van der Waals surface area contributed by atoms with E-state index in [1.165, 1.54) is 11.1 Å². The van der Waals surface area contributed by atoms with Gasteiger partial charge in [-0.1, -0.05) is 30.3 Å². The molecular formula is C21H19NO3S. The molecule has 5 heteroatoms. The summed E-state index contributed by atoms with van der Waals surface area (Å²) in [5, 5.41) is 6.83. The maximum Gasteiger partial charge on any atom is 0.339 e. The minimum Gasteiger partial charge on any atom is -0.449 e. The molecule has 26 heavy (non-hydrogen) atoms. The fourth-order valence-electron chi connectivity index (χ4n) is 3.43. The van der Waals surface area contributed by atoms with Crippen LogP contribution in [0, 0.1) is 0 Å². The van der Waals surface area contributed by atoms with Crippen LogP contribution in [0.1, 0.15) is 33.3 Å². The SMILES string of the molecule is CC(OC(=O)c1ccc2c3c(cccc13)CC2)C(=O)NCc1cccs1. The molecule has 1 N–H and O–H groups in total. The third-order valence-electron chi connectivity index (χ3n) is 4.77. The lowest BCUT2D eigenvalue weighted by molar-refractivity contribution is -0.129. The van der Waals surface area contributed by atoms with E-state index in [0.717, 1.165) is 28.5 Å². The summed E-state index contributed by atoms with van der Waals surface area (Å²) in [6, 6.07) is 13.7. The minimum absolute atomic E-state index is 0.294. The van der Waals surface area contributed by atoms with E-state index < -0.39 is 12.1 Å². The van der Waals surface area contributed by atoms with Crippen LogP contribution in [0.5, 0.6) is 0 Å². The van der Waals surface area contributed by atoms with Gasteiger partial charge in [-0.25, -0.2) is 4.79 Å². The van der Waals surface area contributed by atoms with Crippen molar-refractivity contribution >= 4 is 34.0 Å². The molecule has 1 aliphatic rings. The zero-order valence-electron chi connectivity index (χ0n) is 14.5. The molecule has 0 radical (unpaired) electrons. The average molecular weight is 365 g/mol. The predicted molar refractivity (Wildman–Crippen MR) is 102 cm³/mol. The Morgan fingerprint density at radius 2 is 1.92 bits per heavy atom. The number of ether oxygens (including phenoxy) is 1. The number of benzene rings is 2. The first-order valence-corrected chi connectivity index (χ1v) is 9.56. The molecule has 0 fully saturated rings. The molecule has 0 aliphatic heterocycles. The summed E-state index contributed by atoms with van der Waals surface area (Å²) >= 11 is 1.57. The highest BCUT2D eigenvalue weighted by Gasteiger charge is 2.23. The Morgan fingerprint density at radius 1 is 1.12 bits per heavy atom. The Hall–Kier alpha value is -2.66. The lowest BCUT2D eigenvalue weighted by atomic mass is 10.00. The number of amides is 1. The van der Waals surface area contributed by atoms with Gasteiger partial charge in [0.15, 0.2) is 6.10 Å². The van der Waals surface area contributed by atoms with Gasteiger partial charge < -0.3 is 10.1 Å². The third-order valence-corrected chi connectivity index (χ3v) is 5.64. The van der Waals surface area contributed by atoms with Crippen molar-refractivity contribution in [1.82, 2.24) is 5.32 Å². The summed E-state index contributed by atoms with van der Waals surface area (Å²) in [7, 11) is 0. The van der Waals surface area contributed by atoms with E-state index in [1.807, 2.05) is 41.8 Å². The quantitative estimate of drug-likeness (QED) is 0.699. The van der Waals surface area contributed by atoms with E-state index in [-0.39, 0.29) is 5.91 Å². The number of carbonyl (C=O) groups is 2. The molecule has 1 atom stereocenters. The maximum atomic E-state index is 12.6. The Morgan fingerprint density at radius 3 is 2.69 bits per heavy atom. The highest BCUT2D eigenvalue weighted by molar-refractivity contribution is 7.09. The monoisotopic (exact) mass is 365 g/mol. The van der Waals surface area contributed by atoms with Crippen LogP contribution in [-0.4, -0.2) is 18.0 Å². The number of esters is 1. The van der Waals surface area contributed by atoms with E-state index in [1.54, 1.807) is 18.3 Å². The molecule has 0 saturated carbocycles. The number of rotatable bonds is 5. The molecule has 0 bridgehead atoms. The van der Waals surface area contributed by atoms with E-state index in [0.29, 0.717) is 12.1 Å². The molecular weight excluding hydrogens is 346 g/mol. The van der Waals surface area contributed by atoms with Crippen molar-refractivity contribution in [3.63, 3.8) is 0 Å². The molecule has 1 amide bonds. The molecule has 4 nitrogen and oxygen atoms in total. The maximum absolute atomic E-state index is 12.6. The van der Waals surface area contributed by atoms with Crippen molar-refractivity contribution in [2.24, 2.45) is 0 Å². The Labute approximate surface area is 155 Å². The summed E-state index contributed by atoms with van der Waals surface area (Å²) in [6.45, 7) is 2.04. The summed E-state index contributed by atoms with van der Waals surface area (Å²) < 4.78 is 5.43. The van der Waals surface area contributed by atoms with Crippen molar-refractivity contribution in [2.75, 3.05) is 0 Å². The molecule has 1 unspecified atom stereocenters. The first kappa shape index (κ1) is 16.8. The van der Waals surface area contributed by atoms with Crippen LogP contribution in [0.2, 0.25) is 0 Å². The normalized spacial score (nSPS) is 13.6. The van der Waals surface area contributed by atoms with Crippen molar-refractivity contribution in [1.29, 1.82) is 0 Å². The number of hydrogen-bond donors (Lipinski definition) is 1. The van der Waals surface area contributed by atoms with Gasteiger partial charge in [-0.15, -0.1) is 11.3 Å². The molecule has 0 spiro atoms. The van der Waals surface area contributed by atoms with Crippen LogP contribution in [0.4, 0.5) is 0 Å². The number of hydrogen-bond acceptors (Lipinski definition) is 4. The molecule has 1 aromatic heterocycles. The lowest BCUT2D eigenvalue weighted by Gasteiger charge is -2.14. The predicted octanol–water partition coefficient (Wildman–Crippen LogP) is 3.86. The largest absolute Gasteiger partial charge is 0.449 e. The van der Waals surface area contributed by atoms with Gasteiger partial charge in [0.2, 0.25) is 0 Å². The van der Waals surface area contributed by atoms with Crippen LogP contribution < -0.4 is 5.32 Å². The topological polar surface area (TPSA) is 55.4 Å². The summed E-state index contributed by atoms with van der Waals surface area (Å²) in [6.07, 6.45) is 1.17. The Bertz CT molecular complexity index is 968. The molecule has 3 aromatic rings. The van der Waals surface area contributed by atoms with Crippen LogP contribution in [0.15, 0.2) is 47.8 Å². The van der Waals surface area contributed by atoms with Gasteiger partial charge in [-0.05, 0) is 59.2 Å². The highest BCUT2D eigenvalue weighted by Crippen LogP contribution is 2.33. The van der Waals surface area contributed by atoms with E-state index in [4.69, 9.17) is 4.74 Å². The first-order chi connectivity index (χ1) is 12.6. The second-order valence-corrected chi connectivity index (χ2v) is 7.49. The van der Waals surface area contributed by atoms with Gasteiger partial charge in [0, 0.05) is 4.88 Å². The number of aryl methyl sites for hydroxylation is 2. The second-order valence-electron chi connectivity index (χ2n) is 6.46. The second kappa shape index (κ2) is 6.92. The number of nitrogens with one attached hydrogen (secondary N) is 1. The van der Waals surface area contributed by atoms with Gasteiger partial charge in [0.05, 0.1) is 12.1 Å². The number of thiophene rings is 1. The Kier molecular flexibility index (Phi) is 4.47. The van der Waals surface area contributed by atoms with Crippen molar-refractivity contribution in [3.05, 3.63) is 69.4 Å². The molecule has 132 valence electrons. The van der Waals surface area contributed by atoms with Gasteiger partial charge in [-0.2, -0.15) is 0 Å². The molecule has 2 aromatic carbocycles. The number of carbonyl (C=O) groups excluding carboxylic acids is 2.